The van der Waals surface area contributed by atoms with Crippen LogP contribution in [0.25, 0.3) is 22.5 Å². The second-order valence-electron chi connectivity index (χ2n) is 11.1. The lowest BCUT2D eigenvalue weighted by molar-refractivity contribution is 0.0956. The maximum absolute atomic E-state index is 12.5. The van der Waals surface area contributed by atoms with Crippen molar-refractivity contribution in [3.8, 4) is 22.5 Å². The van der Waals surface area contributed by atoms with Crippen molar-refractivity contribution in [2.24, 2.45) is 0 Å². The first-order valence-corrected chi connectivity index (χ1v) is 15.5. The predicted molar refractivity (Wildman–Crippen MR) is 166 cm³/mol. The molecule has 7 nitrogen and oxygen atoms in total. The number of hydrogen-bond acceptors (Lipinski definition) is 4. The van der Waals surface area contributed by atoms with Gasteiger partial charge in [-0.15, -0.1) is 0 Å². The third-order valence-corrected chi connectivity index (χ3v) is 8.13. The molecule has 216 valence electrons. The molecule has 1 atom stereocenters. The van der Waals surface area contributed by atoms with Gasteiger partial charge >= 0.3 is 0 Å². The lowest BCUT2D eigenvalue weighted by Crippen LogP contribution is -2.28. The number of amides is 1. The Bertz CT molecular complexity index is 1650. The van der Waals surface area contributed by atoms with Crippen molar-refractivity contribution in [1.29, 1.82) is 0 Å². The van der Waals surface area contributed by atoms with Crippen molar-refractivity contribution in [2.75, 3.05) is 12.3 Å². The zero-order valence-electron chi connectivity index (χ0n) is 23.6. The average Bonchev–Trinajstić information content (AvgIpc) is 3.23. The molecular formula is C31H33Cl2N3O4S. The number of carbonyl (C=O) groups is 1. The van der Waals surface area contributed by atoms with Gasteiger partial charge in [0.25, 0.3) is 16.0 Å². The lowest BCUT2D eigenvalue weighted by atomic mass is 9.86. The molecule has 0 saturated carbocycles. The van der Waals surface area contributed by atoms with E-state index < -0.39 is 21.8 Å². The SMILES string of the molecule is Cc1c(-c2cc(Cl)cc(Cl)c2)nn(C(C)c2ccc(C(=O)NCCS(=O)(=O)O)cc2)c1-c1ccc(C(C)(C)C)cc1. The Morgan fingerprint density at radius 1 is 0.976 bits per heavy atom. The average molecular weight is 615 g/mol. The fourth-order valence-corrected chi connectivity index (χ4v) is 5.57. The van der Waals surface area contributed by atoms with Crippen LogP contribution >= 0.6 is 23.2 Å². The van der Waals surface area contributed by atoms with Crippen LogP contribution in [0.15, 0.2) is 66.7 Å². The summed E-state index contributed by atoms with van der Waals surface area (Å²) in [6.07, 6.45) is 0. The number of halogens is 2. The van der Waals surface area contributed by atoms with Crippen LogP contribution in [0.3, 0.4) is 0 Å². The van der Waals surface area contributed by atoms with Crippen molar-refractivity contribution in [1.82, 2.24) is 15.1 Å². The summed E-state index contributed by atoms with van der Waals surface area (Å²) in [7, 11) is -4.15. The summed E-state index contributed by atoms with van der Waals surface area (Å²) in [6, 6.07) is 20.7. The van der Waals surface area contributed by atoms with E-state index in [9.17, 15) is 13.2 Å². The molecule has 0 spiro atoms. The fraction of sp³-hybridized carbons (Fsp3) is 0.290. The number of rotatable bonds is 8. The second kappa shape index (κ2) is 12.0. The number of aromatic nitrogens is 2. The van der Waals surface area contributed by atoms with E-state index >= 15 is 0 Å². The summed E-state index contributed by atoms with van der Waals surface area (Å²) in [5.41, 5.74) is 7.08. The van der Waals surface area contributed by atoms with E-state index in [1.54, 1.807) is 18.2 Å². The molecule has 0 saturated heterocycles. The highest BCUT2D eigenvalue weighted by atomic mass is 35.5. The molecule has 1 heterocycles. The molecule has 2 N–H and O–H groups in total. The minimum Gasteiger partial charge on any atom is -0.351 e. The van der Waals surface area contributed by atoms with Gasteiger partial charge in [0.15, 0.2) is 0 Å². The lowest BCUT2D eigenvalue weighted by Gasteiger charge is -2.20. The van der Waals surface area contributed by atoms with Crippen LogP contribution in [0, 0.1) is 6.92 Å². The Morgan fingerprint density at radius 2 is 1.56 bits per heavy atom. The van der Waals surface area contributed by atoms with Gasteiger partial charge in [0, 0.05) is 38.8 Å². The number of hydrogen-bond donors (Lipinski definition) is 2. The van der Waals surface area contributed by atoms with Crippen molar-refractivity contribution >= 4 is 39.2 Å². The summed E-state index contributed by atoms with van der Waals surface area (Å²) in [4.78, 5) is 12.5. The standard InChI is InChI=1S/C31H33Cl2N3O4S/c1-19-28(24-16-26(32)18-27(33)17-24)35-36(29(19)22-10-12-25(13-11-22)31(3,4)5)20(2)21-6-8-23(9-7-21)30(37)34-14-15-41(38,39)40/h6-13,16-18,20H,14-15H2,1-5H3,(H,34,37)(H,38,39,40). The van der Waals surface area contributed by atoms with Gasteiger partial charge in [-0.1, -0.05) is 80.4 Å². The highest BCUT2D eigenvalue weighted by Gasteiger charge is 2.23. The van der Waals surface area contributed by atoms with E-state index in [1.165, 1.54) is 5.56 Å². The third-order valence-electron chi connectivity index (χ3n) is 6.98. The molecule has 0 aliphatic heterocycles. The number of benzene rings is 3. The summed E-state index contributed by atoms with van der Waals surface area (Å²) < 4.78 is 32.7. The molecule has 0 radical (unpaired) electrons. The molecular weight excluding hydrogens is 581 g/mol. The van der Waals surface area contributed by atoms with E-state index in [0.717, 1.165) is 33.6 Å². The molecule has 1 unspecified atom stereocenters. The van der Waals surface area contributed by atoms with Crippen LogP contribution in [0.5, 0.6) is 0 Å². The Labute approximate surface area is 251 Å². The van der Waals surface area contributed by atoms with Gasteiger partial charge in [-0.25, -0.2) is 0 Å². The molecule has 10 heteroatoms. The van der Waals surface area contributed by atoms with Gasteiger partial charge < -0.3 is 5.32 Å². The highest BCUT2D eigenvalue weighted by Crippen LogP contribution is 2.37. The quantitative estimate of drug-likeness (QED) is 0.202. The van der Waals surface area contributed by atoms with Crippen molar-refractivity contribution in [2.45, 2.75) is 46.1 Å². The Balaban J connectivity index is 1.73. The summed E-state index contributed by atoms with van der Waals surface area (Å²) >= 11 is 12.7. The molecule has 4 rings (SSSR count). The topological polar surface area (TPSA) is 101 Å². The van der Waals surface area contributed by atoms with Gasteiger partial charge in [0.05, 0.1) is 23.2 Å². The second-order valence-corrected chi connectivity index (χ2v) is 13.5. The van der Waals surface area contributed by atoms with E-state index in [4.69, 9.17) is 32.9 Å². The maximum atomic E-state index is 12.5. The first kappa shape index (κ1) is 30.8. The molecule has 0 bridgehead atoms. The molecule has 41 heavy (non-hydrogen) atoms. The van der Waals surface area contributed by atoms with Gasteiger partial charge in [-0.3, -0.25) is 14.0 Å². The smallest absolute Gasteiger partial charge is 0.266 e. The van der Waals surface area contributed by atoms with Crippen molar-refractivity contribution in [3.63, 3.8) is 0 Å². The molecule has 1 aromatic heterocycles. The van der Waals surface area contributed by atoms with Crippen LogP contribution in [-0.2, 0) is 15.5 Å². The zero-order chi connectivity index (χ0) is 30.1. The van der Waals surface area contributed by atoms with Crippen LogP contribution in [-0.4, -0.2) is 41.0 Å². The molecule has 0 aliphatic rings. The highest BCUT2D eigenvalue weighted by molar-refractivity contribution is 7.85. The van der Waals surface area contributed by atoms with Crippen LogP contribution in [0.1, 0.15) is 60.8 Å². The number of nitrogens with one attached hydrogen (secondary N) is 1. The third kappa shape index (κ3) is 7.38. The van der Waals surface area contributed by atoms with Gasteiger partial charge in [0.2, 0.25) is 0 Å². The Kier molecular flexibility index (Phi) is 8.99. The first-order chi connectivity index (χ1) is 19.1. The maximum Gasteiger partial charge on any atom is 0.266 e. The van der Waals surface area contributed by atoms with E-state index in [1.807, 2.05) is 42.8 Å². The van der Waals surface area contributed by atoms with Crippen LogP contribution < -0.4 is 5.32 Å². The molecule has 0 aliphatic carbocycles. The summed E-state index contributed by atoms with van der Waals surface area (Å²) in [5, 5.41) is 8.60. The van der Waals surface area contributed by atoms with Crippen molar-refractivity contribution in [3.05, 3.63) is 99.0 Å². The predicted octanol–water partition coefficient (Wildman–Crippen LogP) is 7.36. The Morgan fingerprint density at radius 3 is 2.10 bits per heavy atom. The summed E-state index contributed by atoms with van der Waals surface area (Å²) in [5.74, 6) is -0.978. The van der Waals surface area contributed by atoms with E-state index in [-0.39, 0.29) is 18.0 Å². The molecule has 1 amide bonds. The number of nitrogens with zero attached hydrogens (tertiary/aromatic N) is 2. The Hall–Kier alpha value is -3.17. The van der Waals surface area contributed by atoms with Gasteiger partial charge in [0.1, 0.15) is 0 Å². The fourth-order valence-electron chi connectivity index (χ4n) is 4.69. The van der Waals surface area contributed by atoms with Gasteiger partial charge in [-0.05, 0) is 60.7 Å². The van der Waals surface area contributed by atoms with E-state index in [2.05, 4.69) is 50.4 Å². The molecule has 3 aromatic carbocycles. The minimum absolute atomic E-state index is 0.0181. The summed E-state index contributed by atoms with van der Waals surface area (Å²) in [6.45, 7) is 10.4. The van der Waals surface area contributed by atoms with E-state index in [0.29, 0.717) is 15.6 Å². The number of carbonyl (C=O) groups excluding carboxylic acids is 1. The molecule has 4 aromatic rings. The van der Waals surface area contributed by atoms with Gasteiger partial charge in [-0.2, -0.15) is 13.5 Å². The first-order valence-electron chi connectivity index (χ1n) is 13.1. The van der Waals surface area contributed by atoms with Crippen molar-refractivity contribution < 1.29 is 17.8 Å². The monoisotopic (exact) mass is 613 g/mol. The molecule has 0 fully saturated rings. The largest absolute Gasteiger partial charge is 0.351 e. The van der Waals surface area contributed by atoms with Crippen LogP contribution in [0.4, 0.5) is 0 Å². The van der Waals surface area contributed by atoms with Crippen LogP contribution in [0.2, 0.25) is 10.0 Å². The zero-order valence-corrected chi connectivity index (χ0v) is 25.9. The minimum atomic E-state index is -4.15. The normalized spacial score (nSPS) is 12.8.